The third kappa shape index (κ3) is 4.11. The molecule has 0 atom stereocenters. The SMILES string of the molecule is C.C=O.O=C1c2ccccc2C(=O)N1CCCn1c(Br)cccc1=O. The van der Waals surface area contributed by atoms with Crippen molar-refractivity contribution in [1.29, 1.82) is 0 Å². The standard InChI is InChI=1S/C16H13BrN2O3.CH2O.CH4/c17-13-7-3-8-14(20)18(13)9-4-10-19-15(21)11-5-1-2-6-12(11)16(19)22;1-2;/h1-3,5-8H,4,9-10H2;1H2;1H4. The Kier molecular flexibility index (Phi) is 7.44. The van der Waals surface area contributed by atoms with Gasteiger partial charge in [0.2, 0.25) is 0 Å². The number of nitrogens with zero attached hydrogens (tertiary/aromatic N) is 2. The van der Waals surface area contributed by atoms with E-state index in [0.717, 1.165) is 0 Å². The van der Waals surface area contributed by atoms with Crippen molar-refractivity contribution >= 4 is 34.5 Å². The zero-order chi connectivity index (χ0) is 17.7. The van der Waals surface area contributed by atoms with Crippen molar-refractivity contribution in [2.24, 2.45) is 0 Å². The number of carbonyl (C=O) groups is 3. The fraction of sp³-hybridized carbons (Fsp3) is 0.222. The van der Waals surface area contributed by atoms with Gasteiger partial charge in [-0.25, -0.2) is 0 Å². The van der Waals surface area contributed by atoms with Crippen molar-refractivity contribution in [2.75, 3.05) is 6.54 Å². The number of hydrogen-bond donors (Lipinski definition) is 0. The molecule has 0 N–H and O–H groups in total. The van der Waals surface area contributed by atoms with Gasteiger partial charge >= 0.3 is 0 Å². The Morgan fingerprint density at radius 1 is 0.840 bits per heavy atom. The summed E-state index contributed by atoms with van der Waals surface area (Å²) in [7, 11) is 0. The monoisotopic (exact) mass is 406 g/mol. The van der Waals surface area contributed by atoms with Crippen LogP contribution < -0.4 is 5.56 Å². The third-order valence-electron chi connectivity index (χ3n) is 3.64. The van der Waals surface area contributed by atoms with E-state index in [0.29, 0.717) is 35.2 Å². The lowest BCUT2D eigenvalue weighted by Crippen LogP contribution is -2.32. The molecule has 0 bridgehead atoms. The molecule has 0 saturated heterocycles. The van der Waals surface area contributed by atoms with Crippen LogP contribution in [0.25, 0.3) is 0 Å². The summed E-state index contributed by atoms with van der Waals surface area (Å²) in [5, 5.41) is 0. The Morgan fingerprint density at radius 3 is 1.92 bits per heavy atom. The molecule has 3 rings (SSSR count). The van der Waals surface area contributed by atoms with Gasteiger partial charge in [-0.05, 0) is 40.5 Å². The summed E-state index contributed by atoms with van der Waals surface area (Å²) in [5.41, 5.74) is 0.785. The van der Waals surface area contributed by atoms with Crippen LogP contribution in [0.1, 0.15) is 34.6 Å². The molecule has 25 heavy (non-hydrogen) atoms. The lowest BCUT2D eigenvalue weighted by atomic mass is 10.1. The molecule has 132 valence electrons. The number of aromatic nitrogens is 1. The van der Waals surface area contributed by atoms with Crippen LogP contribution in [-0.4, -0.2) is 34.6 Å². The molecule has 7 heteroatoms. The minimum Gasteiger partial charge on any atom is -0.307 e. The third-order valence-corrected chi connectivity index (χ3v) is 4.33. The van der Waals surface area contributed by atoms with Crippen molar-refractivity contribution < 1.29 is 14.4 Å². The van der Waals surface area contributed by atoms with E-state index in [9.17, 15) is 14.4 Å². The Bertz CT molecular complexity index is 797. The number of imide groups is 1. The fourth-order valence-electron chi connectivity index (χ4n) is 2.54. The number of benzene rings is 1. The van der Waals surface area contributed by atoms with Crippen LogP contribution >= 0.6 is 15.9 Å². The van der Waals surface area contributed by atoms with Crippen LogP contribution in [0.5, 0.6) is 0 Å². The first-order valence-corrected chi connectivity index (χ1v) is 7.98. The molecule has 0 aliphatic carbocycles. The first-order valence-electron chi connectivity index (χ1n) is 7.19. The second-order valence-electron chi connectivity index (χ2n) is 5.00. The summed E-state index contributed by atoms with van der Waals surface area (Å²) in [6.45, 7) is 2.73. The van der Waals surface area contributed by atoms with Crippen LogP contribution in [0.3, 0.4) is 0 Å². The number of fused-ring (bicyclic) bond motifs is 1. The summed E-state index contributed by atoms with van der Waals surface area (Å²) in [5.74, 6) is -0.528. The molecular weight excluding hydrogens is 388 g/mol. The van der Waals surface area contributed by atoms with Gasteiger partial charge in [0.05, 0.1) is 15.7 Å². The summed E-state index contributed by atoms with van der Waals surface area (Å²) < 4.78 is 2.25. The normalized spacial score (nSPS) is 12.1. The number of halogens is 1. The molecule has 0 unspecified atom stereocenters. The van der Waals surface area contributed by atoms with Crippen LogP contribution in [-0.2, 0) is 11.3 Å². The van der Waals surface area contributed by atoms with Crippen LogP contribution in [0.4, 0.5) is 0 Å². The second kappa shape index (κ2) is 9.08. The summed E-state index contributed by atoms with van der Waals surface area (Å²) >= 11 is 3.32. The predicted octanol–water partition coefficient (Wildman–Crippen LogP) is 2.75. The molecule has 2 amide bonds. The van der Waals surface area contributed by atoms with Crippen LogP contribution in [0.2, 0.25) is 0 Å². The molecule has 0 radical (unpaired) electrons. The summed E-state index contributed by atoms with van der Waals surface area (Å²) in [4.78, 5) is 45.4. The Morgan fingerprint density at radius 2 is 1.40 bits per heavy atom. The van der Waals surface area contributed by atoms with E-state index in [2.05, 4.69) is 15.9 Å². The van der Waals surface area contributed by atoms with E-state index in [1.54, 1.807) is 41.0 Å². The van der Waals surface area contributed by atoms with E-state index >= 15 is 0 Å². The maximum absolute atomic E-state index is 12.2. The molecule has 6 nitrogen and oxygen atoms in total. The number of pyridine rings is 1. The highest BCUT2D eigenvalue weighted by atomic mass is 79.9. The average molecular weight is 407 g/mol. The van der Waals surface area contributed by atoms with E-state index in [-0.39, 0.29) is 24.8 Å². The van der Waals surface area contributed by atoms with Gasteiger partial charge in [0.15, 0.2) is 0 Å². The maximum Gasteiger partial charge on any atom is 0.261 e. The quantitative estimate of drug-likeness (QED) is 0.577. The highest BCUT2D eigenvalue weighted by Gasteiger charge is 2.34. The molecule has 1 aliphatic rings. The van der Waals surface area contributed by atoms with E-state index in [1.165, 1.54) is 11.0 Å². The lowest BCUT2D eigenvalue weighted by Gasteiger charge is -2.14. The lowest BCUT2D eigenvalue weighted by molar-refractivity contribution is -0.0980. The molecule has 0 fully saturated rings. The van der Waals surface area contributed by atoms with E-state index in [1.807, 2.05) is 6.79 Å². The molecule has 0 saturated carbocycles. The van der Waals surface area contributed by atoms with Crippen LogP contribution in [0, 0.1) is 0 Å². The fourth-order valence-corrected chi connectivity index (χ4v) is 3.05. The van der Waals surface area contributed by atoms with Gasteiger partial charge in [-0.15, -0.1) is 0 Å². The van der Waals surface area contributed by atoms with Gasteiger partial charge in [-0.1, -0.05) is 25.6 Å². The number of carbonyl (C=O) groups excluding carboxylic acids is 3. The van der Waals surface area contributed by atoms with Gasteiger partial charge in [0.1, 0.15) is 6.79 Å². The summed E-state index contributed by atoms with van der Waals surface area (Å²) in [6, 6.07) is 11.7. The van der Waals surface area contributed by atoms with Crippen molar-refractivity contribution in [2.45, 2.75) is 20.4 Å². The van der Waals surface area contributed by atoms with Crippen molar-refractivity contribution in [1.82, 2.24) is 9.47 Å². The molecule has 1 aromatic heterocycles. The van der Waals surface area contributed by atoms with Crippen molar-refractivity contribution in [3.63, 3.8) is 0 Å². The minimum absolute atomic E-state index is 0. The topological polar surface area (TPSA) is 76.5 Å². The molecule has 2 aromatic rings. The smallest absolute Gasteiger partial charge is 0.261 e. The molecule has 2 heterocycles. The molecule has 1 aromatic carbocycles. The molecule has 1 aliphatic heterocycles. The number of hydrogen-bond acceptors (Lipinski definition) is 4. The number of amides is 2. The Labute approximate surface area is 154 Å². The zero-order valence-corrected chi connectivity index (χ0v) is 14.4. The second-order valence-corrected chi connectivity index (χ2v) is 5.81. The van der Waals surface area contributed by atoms with Gasteiger partial charge in [-0.2, -0.15) is 0 Å². The number of rotatable bonds is 4. The van der Waals surface area contributed by atoms with E-state index < -0.39 is 0 Å². The van der Waals surface area contributed by atoms with Crippen LogP contribution in [0.15, 0.2) is 51.9 Å². The first kappa shape index (κ1) is 20.5. The molecule has 0 spiro atoms. The van der Waals surface area contributed by atoms with Gasteiger partial charge in [0.25, 0.3) is 17.4 Å². The average Bonchev–Trinajstić information content (AvgIpc) is 2.84. The van der Waals surface area contributed by atoms with Gasteiger partial charge < -0.3 is 9.36 Å². The van der Waals surface area contributed by atoms with Crippen molar-refractivity contribution in [3.8, 4) is 0 Å². The van der Waals surface area contributed by atoms with Gasteiger partial charge in [0, 0.05) is 19.2 Å². The highest BCUT2D eigenvalue weighted by molar-refractivity contribution is 9.10. The first-order chi connectivity index (χ1) is 11.6. The minimum atomic E-state index is -0.264. The molecular formula is C18H19BrN2O4. The highest BCUT2D eigenvalue weighted by Crippen LogP contribution is 2.22. The zero-order valence-electron chi connectivity index (χ0n) is 12.8. The summed E-state index contributed by atoms with van der Waals surface area (Å²) in [6.07, 6.45) is 0.522. The van der Waals surface area contributed by atoms with E-state index in [4.69, 9.17) is 4.79 Å². The van der Waals surface area contributed by atoms with Gasteiger partial charge in [-0.3, -0.25) is 19.3 Å². The predicted molar refractivity (Wildman–Crippen MR) is 98.7 cm³/mol. The largest absolute Gasteiger partial charge is 0.307 e. The maximum atomic E-state index is 12.2. The Balaban J connectivity index is 0.00000101. The Hall–Kier alpha value is -2.54. The van der Waals surface area contributed by atoms with Crippen molar-refractivity contribution in [3.05, 3.63) is 68.5 Å².